The molecular weight excluding hydrogens is 244 g/mol. The fourth-order valence-electron chi connectivity index (χ4n) is 3.06. The molecule has 1 fully saturated rings. The van der Waals surface area contributed by atoms with E-state index < -0.39 is 0 Å². The molecule has 0 aromatic heterocycles. The second kappa shape index (κ2) is 6.92. The first-order chi connectivity index (χ1) is 9.60. The Labute approximate surface area is 123 Å². The summed E-state index contributed by atoms with van der Waals surface area (Å²) in [6.45, 7) is 9.65. The Morgan fingerprint density at radius 1 is 1.35 bits per heavy atom. The quantitative estimate of drug-likeness (QED) is 0.846. The molecule has 1 aromatic carbocycles. The molecule has 20 heavy (non-hydrogen) atoms. The Morgan fingerprint density at radius 2 is 2.05 bits per heavy atom. The van der Waals surface area contributed by atoms with Crippen LogP contribution in [0.4, 0.5) is 0 Å². The highest BCUT2D eigenvalue weighted by Crippen LogP contribution is 2.21. The molecule has 1 heterocycles. The molecule has 1 saturated heterocycles. The van der Waals surface area contributed by atoms with Gasteiger partial charge >= 0.3 is 0 Å². The Kier molecular flexibility index (Phi) is 5.23. The highest BCUT2D eigenvalue weighted by atomic mass is 15.1. The second-order valence-electron chi connectivity index (χ2n) is 6.00. The zero-order valence-corrected chi connectivity index (χ0v) is 12.9. The summed E-state index contributed by atoms with van der Waals surface area (Å²) in [6, 6.07) is 7.74. The SMILES string of the molecule is C#CCN1CCC(NC(C)c2cc(C)ccc2C)CC1. The van der Waals surface area contributed by atoms with Crippen LogP contribution in [0.2, 0.25) is 0 Å². The summed E-state index contributed by atoms with van der Waals surface area (Å²) in [6.07, 6.45) is 7.76. The first kappa shape index (κ1) is 15.1. The van der Waals surface area contributed by atoms with Crippen molar-refractivity contribution in [2.75, 3.05) is 19.6 Å². The molecule has 0 bridgehead atoms. The number of benzene rings is 1. The van der Waals surface area contributed by atoms with Gasteiger partial charge in [0.05, 0.1) is 6.54 Å². The molecule has 2 heteroatoms. The zero-order valence-electron chi connectivity index (χ0n) is 12.9. The average Bonchev–Trinajstić information content (AvgIpc) is 2.44. The van der Waals surface area contributed by atoms with Crippen LogP contribution in [0.25, 0.3) is 0 Å². The van der Waals surface area contributed by atoms with E-state index in [0.717, 1.165) is 19.6 Å². The lowest BCUT2D eigenvalue weighted by molar-refractivity contribution is 0.211. The van der Waals surface area contributed by atoms with Gasteiger partial charge in [-0.15, -0.1) is 6.42 Å². The smallest absolute Gasteiger partial charge is 0.0598 e. The van der Waals surface area contributed by atoms with E-state index in [2.05, 4.69) is 55.1 Å². The van der Waals surface area contributed by atoms with E-state index in [1.165, 1.54) is 29.5 Å². The molecule has 108 valence electrons. The molecule has 1 N–H and O–H groups in total. The van der Waals surface area contributed by atoms with Crippen LogP contribution in [-0.2, 0) is 0 Å². The zero-order chi connectivity index (χ0) is 14.5. The number of nitrogens with zero attached hydrogens (tertiary/aromatic N) is 1. The molecule has 0 spiro atoms. The summed E-state index contributed by atoms with van der Waals surface area (Å²) in [5, 5.41) is 3.79. The van der Waals surface area contributed by atoms with E-state index in [0.29, 0.717) is 12.1 Å². The maximum absolute atomic E-state index is 5.37. The first-order valence-corrected chi connectivity index (χ1v) is 7.59. The van der Waals surface area contributed by atoms with E-state index in [4.69, 9.17) is 6.42 Å². The molecule has 0 saturated carbocycles. The molecule has 1 aromatic rings. The lowest BCUT2D eigenvalue weighted by Gasteiger charge is -2.33. The van der Waals surface area contributed by atoms with E-state index >= 15 is 0 Å². The van der Waals surface area contributed by atoms with Crippen molar-refractivity contribution in [1.29, 1.82) is 0 Å². The average molecular weight is 270 g/mol. The van der Waals surface area contributed by atoms with Crippen LogP contribution in [0, 0.1) is 26.2 Å². The maximum Gasteiger partial charge on any atom is 0.0598 e. The van der Waals surface area contributed by atoms with Crippen molar-refractivity contribution in [3.63, 3.8) is 0 Å². The minimum Gasteiger partial charge on any atom is -0.307 e. The van der Waals surface area contributed by atoms with Crippen molar-refractivity contribution in [3.8, 4) is 12.3 Å². The van der Waals surface area contributed by atoms with Crippen molar-refractivity contribution >= 4 is 0 Å². The molecule has 0 radical (unpaired) electrons. The number of hydrogen-bond acceptors (Lipinski definition) is 2. The third-order valence-electron chi connectivity index (χ3n) is 4.29. The number of likely N-dealkylation sites (tertiary alicyclic amines) is 1. The number of nitrogens with one attached hydrogen (secondary N) is 1. The van der Waals surface area contributed by atoms with Gasteiger partial charge in [0.25, 0.3) is 0 Å². The topological polar surface area (TPSA) is 15.3 Å². The summed E-state index contributed by atoms with van der Waals surface area (Å²) in [5.41, 5.74) is 4.14. The van der Waals surface area contributed by atoms with Gasteiger partial charge in [-0.1, -0.05) is 29.7 Å². The van der Waals surface area contributed by atoms with E-state index in [-0.39, 0.29) is 0 Å². The predicted octanol–water partition coefficient (Wildman–Crippen LogP) is 3.05. The summed E-state index contributed by atoms with van der Waals surface area (Å²) < 4.78 is 0. The van der Waals surface area contributed by atoms with Crippen LogP contribution in [-0.4, -0.2) is 30.6 Å². The minimum absolute atomic E-state index is 0.416. The van der Waals surface area contributed by atoms with Crippen molar-refractivity contribution in [2.45, 2.75) is 45.7 Å². The highest BCUT2D eigenvalue weighted by molar-refractivity contribution is 5.32. The minimum atomic E-state index is 0.416. The summed E-state index contributed by atoms with van der Waals surface area (Å²) in [4.78, 5) is 2.36. The lowest BCUT2D eigenvalue weighted by atomic mass is 9.97. The summed E-state index contributed by atoms with van der Waals surface area (Å²) in [5.74, 6) is 2.74. The van der Waals surface area contributed by atoms with Gasteiger partial charge in [-0.25, -0.2) is 0 Å². The van der Waals surface area contributed by atoms with Gasteiger partial charge < -0.3 is 5.32 Å². The molecule has 0 amide bonds. The fourth-order valence-corrected chi connectivity index (χ4v) is 3.06. The van der Waals surface area contributed by atoms with Gasteiger partial charge in [0.1, 0.15) is 0 Å². The summed E-state index contributed by atoms with van der Waals surface area (Å²) in [7, 11) is 0. The third-order valence-corrected chi connectivity index (χ3v) is 4.29. The fraction of sp³-hybridized carbons (Fsp3) is 0.556. The first-order valence-electron chi connectivity index (χ1n) is 7.59. The molecule has 2 rings (SSSR count). The predicted molar refractivity (Wildman–Crippen MR) is 85.8 cm³/mol. The molecule has 1 atom stereocenters. The molecule has 1 unspecified atom stereocenters. The number of hydrogen-bond donors (Lipinski definition) is 1. The van der Waals surface area contributed by atoms with Gasteiger partial charge in [0, 0.05) is 25.2 Å². The van der Waals surface area contributed by atoms with Gasteiger partial charge in [0.15, 0.2) is 0 Å². The molecule has 1 aliphatic rings. The van der Waals surface area contributed by atoms with Crippen LogP contribution < -0.4 is 5.32 Å². The van der Waals surface area contributed by atoms with Gasteiger partial charge in [-0.3, -0.25) is 4.90 Å². The number of piperidine rings is 1. The third kappa shape index (κ3) is 3.85. The van der Waals surface area contributed by atoms with E-state index in [1.807, 2.05) is 0 Å². The monoisotopic (exact) mass is 270 g/mol. The van der Waals surface area contributed by atoms with Gasteiger partial charge in [-0.05, 0) is 44.7 Å². The Morgan fingerprint density at radius 3 is 2.70 bits per heavy atom. The molecule has 1 aliphatic heterocycles. The van der Waals surface area contributed by atoms with Crippen molar-refractivity contribution in [3.05, 3.63) is 34.9 Å². The second-order valence-corrected chi connectivity index (χ2v) is 6.00. The number of aryl methyl sites for hydroxylation is 2. The van der Waals surface area contributed by atoms with Crippen LogP contribution in [0.1, 0.15) is 42.5 Å². The van der Waals surface area contributed by atoms with Crippen LogP contribution in [0.3, 0.4) is 0 Å². The largest absolute Gasteiger partial charge is 0.307 e. The normalized spacial score (nSPS) is 18.7. The molecular formula is C18H26N2. The Hall–Kier alpha value is -1.30. The van der Waals surface area contributed by atoms with Crippen molar-refractivity contribution < 1.29 is 0 Å². The highest BCUT2D eigenvalue weighted by Gasteiger charge is 2.20. The van der Waals surface area contributed by atoms with E-state index in [9.17, 15) is 0 Å². The Balaban J connectivity index is 1.91. The van der Waals surface area contributed by atoms with Crippen LogP contribution in [0.5, 0.6) is 0 Å². The van der Waals surface area contributed by atoms with Crippen molar-refractivity contribution in [2.24, 2.45) is 0 Å². The summed E-state index contributed by atoms with van der Waals surface area (Å²) >= 11 is 0. The lowest BCUT2D eigenvalue weighted by Crippen LogP contribution is -2.43. The number of terminal acetylenes is 1. The number of rotatable bonds is 4. The Bertz CT molecular complexity index is 479. The van der Waals surface area contributed by atoms with Crippen molar-refractivity contribution in [1.82, 2.24) is 10.2 Å². The molecule has 2 nitrogen and oxygen atoms in total. The standard InChI is InChI=1S/C18H26N2/c1-5-10-20-11-8-17(9-12-20)19-16(4)18-13-14(2)6-7-15(18)3/h1,6-7,13,16-17,19H,8-12H2,2-4H3. The van der Waals surface area contributed by atoms with Gasteiger partial charge in [-0.2, -0.15) is 0 Å². The van der Waals surface area contributed by atoms with E-state index in [1.54, 1.807) is 0 Å². The van der Waals surface area contributed by atoms with Crippen LogP contribution >= 0.6 is 0 Å². The van der Waals surface area contributed by atoms with Crippen LogP contribution in [0.15, 0.2) is 18.2 Å². The maximum atomic E-state index is 5.37. The molecule has 0 aliphatic carbocycles. The van der Waals surface area contributed by atoms with Gasteiger partial charge in [0.2, 0.25) is 0 Å².